The first-order valence-electron chi connectivity index (χ1n) is 5.22. The molecule has 0 radical (unpaired) electrons. The summed E-state index contributed by atoms with van der Waals surface area (Å²) in [6, 6.07) is 2.09. The summed E-state index contributed by atoms with van der Waals surface area (Å²) in [6.45, 7) is 10.7. The fourth-order valence-electron chi connectivity index (χ4n) is 1.85. The number of nitrogens with zero attached hydrogens (tertiary/aromatic N) is 3. The Bertz CT molecular complexity index is 503. The minimum Gasteiger partial charge on any atom is -0.285 e. The second-order valence-electron chi connectivity index (χ2n) is 5.07. The van der Waals surface area contributed by atoms with Gasteiger partial charge in [-0.3, -0.25) is 4.40 Å². The van der Waals surface area contributed by atoms with Gasteiger partial charge in [-0.2, -0.15) is 0 Å². The summed E-state index contributed by atoms with van der Waals surface area (Å²) in [5, 5.41) is 0. The monoisotopic (exact) mass is 203 g/mol. The SMILES string of the molecule is Cc1cc(C)n2c(C(C)(C)C)cnc2n1. The molecule has 0 N–H and O–H groups in total. The van der Waals surface area contributed by atoms with Gasteiger partial charge in [-0.05, 0) is 19.9 Å². The largest absolute Gasteiger partial charge is 0.285 e. The zero-order chi connectivity index (χ0) is 11.2. The molecule has 0 aliphatic rings. The van der Waals surface area contributed by atoms with E-state index in [4.69, 9.17) is 0 Å². The van der Waals surface area contributed by atoms with Gasteiger partial charge in [0.25, 0.3) is 0 Å². The lowest BCUT2D eigenvalue weighted by Gasteiger charge is -2.18. The minimum absolute atomic E-state index is 0.0983. The third kappa shape index (κ3) is 1.62. The molecule has 80 valence electrons. The summed E-state index contributed by atoms with van der Waals surface area (Å²) in [6.07, 6.45) is 1.93. The van der Waals surface area contributed by atoms with Gasteiger partial charge in [0, 0.05) is 22.5 Å². The summed E-state index contributed by atoms with van der Waals surface area (Å²) < 4.78 is 2.13. The molecular weight excluding hydrogens is 186 g/mol. The van der Waals surface area contributed by atoms with E-state index in [1.165, 1.54) is 11.4 Å². The van der Waals surface area contributed by atoms with Gasteiger partial charge in [-0.1, -0.05) is 20.8 Å². The molecule has 2 heterocycles. The van der Waals surface area contributed by atoms with E-state index >= 15 is 0 Å². The molecule has 0 fully saturated rings. The average Bonchev–Trinajstić information content (AvgIpc) is 2.45. The van der Waals surface area contributed by atoms with Crippen molar-refractivity contribution in [2.24, 2.45) is 0 Å². The van der Waals surface area contributed by atoms with E-state index in [1.807, 2.05) is 13.1 Å². The van der Waals surface area contributed by atoms with E-state index in [-0.39, 0.29) is 5.41 Å². The fourth-order valence-corrected chi connectivity index (χ4v) is 1.85. The van der Waals surface area contributed by atoms with E-state index in [0.717, 1.165) is 11.5 Å². The lowest BCUT2D eigenvalue weighted by atomic mass is 9.93. The van der Waals surface area contributed by atoms with Crippen LogP contribution >= 0.6 is 0 Å². The average molecular weight is 203 g/mol. The van der Waals surface area contributed by atoms with Crippen molar-refractivity contribution in [3.8, 4) is 0 Å². The smallest absolute Gasteiger partial charge is 0.234 e. The van der Waals surface area contributed by atoms with Crippen molar-refractivity contribution in [2.45, 2.75) is 40.0 Å². The Kier molecular flexibility index (Phi) is 2.07. The third-order valence-electron chi connectivity index (χ3n) is 2.56. The van der Waals surface area contributed by atoms with Gasteiger partial charge in [-0.25, -0.2) is 9.97 Å². The number of aromatic nitrogens is 3. The first kappa shape index (κ1) is 10.1. The first-order chi connectivity index (χ1) is 6.89. The van der Waals surface area contributed by atoms with Gasteiger partial charge in [0.05, 0.1) is 6.20 Å². The van der Waals surface area contributed by atoms with E-state index in [9.17, 15) is 0 Å². The van der Waals surface area contributed by atoms with E-state index in [2.05, 4.69) is 48.1 Å². The van der Waals surface area contributed by atoms with Crippen LogP contribution in [0.1, 0.15) is 37.9 Å². The predicted octanol–water partition coefficient (Wildman–Crippen LogP) is 2.64. The van der Waals surface area contributed by atoms with Crippen LogP contribution in [0.4, 0.5) is 0 Å². The summed E-state index contributed by atoms with van der Waals surface area (Å²) in [5.74, 6) is 0.803. The highest BCUT2D eigenvalue weighted by Gasteiger charge is 2.19. The van der Waals surface area contributed by atoms with Crippen LogP contribution < -0.4 is 0 Å². The summed E-state index contributed by atoms with van der Waals surface area (Å²) in [7, 11) is 0. The van der Waals surface area contributed by atoms with Gasteiger partial charge in [0.1, 0.15) is 0 Å². The molecule has 0 saturated carbocycles. The molecule has 0 amide bonds. The summed E-state index contributed by atoms with van der Waals surface area (Å²) >= 11 is 0. The molecule has 3 heteroatoms. The molecule has 2 aromatic heterocycles. The number of aryl methyl sites for hydroxylation is 2. The molecule has 0 bridgehead atoms. The van der Waals surface area contributed by atoms with Crippen molar-refractivity contribution in [1.82, 2.24) is 14.4 Å². The molecule has 0 atom stereocenters. The predicted molar refractivity (Wildman–Crippen MR) is 61.2 cm³/mol. The van der Waals surface area contributed by atoms with Crippen molar-refractivity contribution >= 4 is 5.78 Å². The third-order valence-corrected chi connectivity index (χ3v) is 2.56. The van der Waals surface area contributed by atoms with Gasteiger partial charge in [0.2, 0.25) is 5.78 Å². The zero-order valence-electron chi connectivity index (χ0n) is 10.00. The van der Waals surface area contributed by atoms with Crippen LogP contribution in [-0.4, -0.2) is 14.4 Å². The van der Waals surface area contributed by atoms with Crippen LogP contribution in [0.3, 0.4) is 0 Å². The van der Waals surface area contributed by atoms with Crippen molar-refractivity contribution in [3.05, 3.63) is 29.3 Å². The fraction of sp³-hybridized carbons (Fsp3) is 0.500. The van der Waals surface area contributed by atoms with Crippen LogP contribution in [0.2, 0.25) is 0 Å². The molecule has 0 spiro atoms. The topological polar surface area (TPSA) is 30.2 Å². The van der Waals surface area contributed by atoms with Crippen LogP contribution in [0.15, 0.2) is 12.3 Å². The van der Waals surface area contributed by atoms with Crippen molar-refractivity contribution in [3.63, 3.8) is 0 Å². The molecule has 15 heavy (non-hydrogen) atoms. The van der Waals surface area contributed by atoms with Gasteiger partial charge < -0.3 is 0 Å². The number of hydrogen-bond acceptors (Lipinski definition) is 2. The molecule has 0 aromatic carbocycles. The maximum absolute atomic E-state index is 4.42. The molecule has 2 rings (SSSR count). The quantitative estimate of drug-likeness (QED) is 0.659. The van der Waals surface area contributed by atoms with Gasteiger partial charge in [-0.15, -0.1) is 0 Å². The molecule has 0 aliphatic carbocycles. The minimum atomic E-state index is 0.0983. The number of imidazole rings is 1. The van der Waals surface area contributed by atoms with E-state index < -0.39 is 0 Å². The summed E-state index contributed by atoms with van der Waals surface area (Å²) in [5.41, 5.74) is 3.52. The molecular formula is C12H17N3. The lowest BCUT2D eigenvalue weighted by Crippen LogP contribution is -2.15. The van der Waals surface area contributed by atoms with E-state index in [1.54, 1.807) is 0 Å². The molecule has 0 unspecified atom stereocenters. The molecule has 3 nitrogen and oxygen atoms in total. The Labute approximate surface area is 90.2 Å². The Morgan fingerprint density at radius 2 is 1.87 bits per heavy atom. The Morgan fingerprint density at radius 1 is 1.20 bits per heavy atom. The second-order valence-corrected chi connectivity index (χ2v) is 5.07. The Morgan fingerprint density at radius 3 is 2.47 bits per heavy atom. The lowest BCUT2D eigenvalue weighted by molar-refractivity contribution is 0.560. The first-order valence-corrected chi connectivity index (χ1v) is 5.22. The van der Waals surface area contributed by atoms with Crippen LogP contribution in [0.25, 0.3) is 5.78 Å². The Balaban J connectivity index is 2.81. The van der Waals surface area contributed by atoms with Crippen molar-refractivity contribution in [1.29, 1.82) is 0 Å². The van der Waals surface area contributed by atoms with Crippen LogP contribution in [0.5, 0.6) is 0 Å². The highest BCUT2D eigenvalue weighted by atomic mass is 15.1. The number of rotatable bonds is 0. The molecule has 2 aromatic rings. The van der Waals surface area contributed by atoms with Gasteiger partial charge in [0.15, 0.2) is 0 Å². The zero-order valence-corrected chi connectivity index (χ0v) is 10.00. The highest BCUT2D eigenvalue weighted by molar-refractivity contribution is 5.37. The van der Waals surface area contributed by atoms with Gasteiger partial charge >= 0.3 is 0 Å². The van der Waals surface area contributed by atoms with Crippen LogP contribution in [0, 0.1) is 13.8 Å². The number of hydrogen-bond donors (Lipinski definition) is 0. The normalized spacial score (nSPS) is 12.3. The van der Waals surface area contributed by atoms with Crippen molar-refractivity contribution < 1.29 is 0 Å². The number of fused-ring (bicyclic) bond motifs is 1. The second kappa shape index (κ2) is 3.05. The van der Waals surface area contributed by atoms with Crippen molar-refractivity contribution in [2.75, 3.05) is 0 Å². The maximum Gasteiger partial charge on any atom is 0.234 e. The molecule has 0 aliphatic heterocycles. The Hall–Kier alpha value is -1.38. The summed E-state index contributed by atoms with van der Waals surface area (Å²) in [4.78, 5) is 8.78. The highest BCUT2D eigenvalue weighted by Crippen LogP contribution is 2.23. The standard InChI is InChI=1S/C12H17N3/c1-8-6-9(2)15-10(12(3,4)5)7-13-11(15)14-8/h6-7H,1-5H3. The maximum atomic E-state index is 4.42. The van der Waals surface area contributed by atoms with Crippen LogP contribution in [-0.2, 0) is 5.41 Å². The van der Waals surface area contributed by atoms with E-state index in [0.29, 0.717) is 0 Å². The molecule has 0 saturated heterocycles.